The number of nitrogens with one attached hydrogen (secondary N) is 1. The molecule has 2 aromatic heterocycles. The van der Waals surface area contributed by atoms with Crippen molar-refractivity contribution in [3.8, 4) is 16.4 Å². The minimum Gasteiger partial charge on any atom is -0.493 e. The molecule has 0 radical (unpaired) electrons. The molecule has 1 unspecified atom stereocenters. The molecule has 1 amide bonds. The fourth-order valence-corrected chi connectivity index (χ4v) is 3.31. The number of hydrogen-bond donors (Lipinski definition) is 1. The lowest BCUT2D eigenvalue weighted by Gasteiger charge is -2.26. The summed E-state index contributed by atoms with van der Waals surface area (Å²) in [4.78, 5) is 13.4. The number of rotatable bonds is 3. The number of aromatic nitrogens is 1. The Balaban J connectivity index is 1.53. The number of carbonyl (C=O) groups is 1. The molecule has 4 rings (SSSR count). The summed E-state index contributed by atoms with van der Waals surface area (Å²) < 4.78 is 10.9. The molecular formula is C17H14N2O3S. The van der Waals surface area contributed by atoms with E-state index in [4.69, 9.17) is 9.26 Å². The number of nitrogens with zero attached hydrogens (tertiary/aromatic N) is 1. The standard InChI is InChI=1S/C17H14N2O3S/c20-17(13-10-15(22-19-13)16-6-3-9-23-16)18-12-7-8-21-14-5-2-1-4-11(12)14/h1-6,9-10,12H,7-8H2,(H,18,20). The number of benzene rings is 1. The van der Waals surface area contributed by atoms with Gasteiger partial charge < -0.3 is 14.6 Å². The van der Waals surface area contributed by atoms with E-state index in [1.54, 1.807) is 17.4 Å². The number of fused-ring (bicyclic) bond motifs is 1. The maximum Gasteiger partial charge on any atom is 0.273 e. The molecule has 0 spiro atoms. The van der Waals surface area contributed by atoms with E-state index in [0.717, 1.165) is 22.6 Å². The number of thiophene rings is 1. The Bertz CT molecular complexity index is 826. The average Bonchev–Trinajstić information content (AvgIpc) is 3.26. The maximum absolute atomic E-state index is 12.4. The van der Waals surface area contributed by atoms with E-state index in [-0.39, 0.29) is 17.6 Å². The zero-order valence-corrected chi connectivity index (χ0v) is 13.0. The summed E-state index contributed by atoms with van der Waals surface area (Å²) in [5.74, 6) is 1.19. The summed E-state index contributed by atoms with van der Waals surface area (Å²) >= 11 is 1.55. The number of amides is 1. The van der Waals surface area contributed by atoms with Crippen LogP contribution in [0.1, 0.15) is 28.5 Å². The molecule has 0 bridgehead atoms. The third kappa shape index (κ3) is 2.73. The lowest BCUT2D eigenvalue weighted by atomic mass is 10.0. The van der Waals surface area contributed by atoms with Crippen molar-refractivity contribution >= 4 is 17.2 Å². The van der Waals surface area contributed by atoms with Gasteiger partial charge in [-0.1, -0.05) is 29.4 Å². The Morgan fingerprint density at radius 1 is 1.26 bits per heavy atom. The zero-order chi connectivity index (χ0) is 15.6. The summed E-state index contributed by atoms with van der Waals surface area (Å²) in [6, 6.07) is 13.2. The van der Waals surface area contributed by atoms with Crippen molar-refractivity contribution in [3.63, 3.8) is 0 Å². The summed E-state index contributed by atoms with van der Waals surface area (Å²) in [5.41, 5.74) is 1.28. The van der Waals surface area contributed by atoms with Gasteiger partial charge in [-0.3, -0.25) is 4.79 Å². The fourth-order valence-electron chi connectivity index (χ4n) is 2.64. The van der Waals surface area contributed by atoms with Crippen LogP contribution >= 0.6 is 11.3 Å². The molecule has 1 atom stereocenters. The molecule has 5 nitrogen and oxygen atoms in total. The summed E-state index contributed by atoms with van der Waals surface area (Å²) in [5, 5.41) is 8.85. The minimum atomic E-state index is -0.238. The predicted octanol–water partition coefficient (Wildman–Crippen LogP) is 3.66. The highest BCUT2D eigenvalue weighted by atomic mass is 32.1. The molecule has 3 aromatic rings. The van der Waals surface area contributed by atoms with Gasteiger partial charge in [0.15, 0.2) is 11.5 Å². The summed E-state index contributed by atoms with van der Waals surface area (Å²) in [6.45, 7) is 0.585. The zero-order valence-electron chi connectivity index (χ0n) is 12.2. The quantitative estimate of drug-likeness (QED) is 0.798. The van der Waals surface area contributed by atoms with Gasteiger partial charge in [0, 0.05) is 18.1 Å². The van der Waals surface area contributed by atoms with E-state index in [0.29, 0.717) is 12.4 Å². The van der Waals surface area contributed by atoms with Gasteiger partial charge in [0.05, 0.1) is 17.5 Å². The topological polar surface area (TPSA) is 64.4 Å². The van der Waals surface area contributed by atoms with Crippen LogP contribution in [0.5, 0.6) is 5.75 Å². The first-order chi connectivity index (χ1) is 11.3. The van der Waals surface area contributed by atoms with Gasteiger partial charge in [0.2, 0.25) is 0 Å². The third-order valence-electron chi connectivity index (χ3n) is 3.77. The molecular weight excluding hydrogens is 312 g/mol. The van der Waals surface area contributed by atoms with Crippen molar-refractivity contribution in [3.05, 3.63) is 59.1 Å². The van der Waals surface area contributed by atoms with Crippen molar-refractivity contribution in [1.82, 2.24) is 10.5 Å². The van der Waals surface area contributed by atoms with E-state index < -0.39 is 0 Å². The van der Waals surface area contributed by atoms with Crippen LogP contribution in [0, 0.1) is 0 Å². The normalized spacial score (nSPS) is 16.4. The maximum atomic E-state index is 12.4. The van der Waals surface area contributed by atoms with Crippen LogP contribution in [-0.4, -0.2) is 17.7 Å². The molecule has 6 heteroatoms. The second-order valence-electron chi connectivity index (χ2n) is 5.25. The Hall–Kier alpha value is -2.60. The Morgan fingerprint density at radius 2 is 2.17 bits per heavy atom. The second kappa shape index (κ2) is 5.89. The van der Waals surface area contributed by atoms with Crippen molar-refractivity contribution in [2.45, 2.75) is 12.5 Å². The summed E-state index contributed by atoms with van der Waals surface area (Å²) in [7, 11) is 0. The van der Waals surface area contributed by atoms with Crippen LogP contribution in [-0.2, 0) is 0 Å². The molecule has 1 aliphatic rings. The lowest BCUT2D eigenvalue weighted by molar-refractivity contribution is 0.0915. The van der Waals surface area contributed by atoms with Crippen molar-refractivity contribution in [1.29, 1.82) is 0 Å². The fraction of sp³-hybridized carbons (Fsp3) is 0.176. The smallest absolute Gasteiger partial charge is 0.273 e. The predicted molar refractivity (Wildman–Crippen MR) is 86.6 cm³/mol. The van der Waals surface area contributed by atoms with Gasteiger partial charge in [-0.15, -0.1) is 11.3 Å². The Labute approximate surface area is 136 Å². The molecule has 0 fully saturated rings. The van der Waals surface area contributed by atoms with Gasteiger partial charge in [0.25, 0.3) is 5.91 Å². The first-order valence-electron chi connectivity index (χ1n) is 7.34. The van der Waals surface area contributed by atoms with Gasteiger partial charge >= 0.3 is 0 Å². The number of ether oxygens (including phenoxy) is 1. The highest BCUT2D eigenvalue weighted by Crippen LogP contribution is 2.32. The molecule has 23 heavy (non-hydrogen) atoms. The Morgan fingerprint density at radius 3 is 3.04 bits per heavy atom. The first kappa shape index (κ1) is 14.0. The van der Waals surface area contributed by atoms with Crippen molar-refractivity contribution in [2.75, 3.05) is 6.61 Å². The monoisotopic (exact) mass is 326 g/mol. The first-order valence-corrected chi connectivity index (χ1v) is 8.22. The van der Waals surface area contributed by atoms with Crippen LogP contribution in [0.25, 0.3) is 10.6 Å². The molecule has 1 aromatic carbocycles. The average molecular weight is 326 g/mol. The highest BCUT2D eigenvalue weighted by molar-refractivity contribution is 7.13. The minimum absolute atomic E-state index is 0.0747. The Kier molecular flexibility index (Phi) is 3.59. The van der Waals surface area contributed by atoms with E-state index >= 15 is 0 Å². The lowest BCUT2D eigenvalue weighted by Crippen LogP contribution is -2.32. The van der Waals surface area contributed by atoms with Gasteiger partial charge in [-0.2, -0.15) is 0 Å². The van der Waals surface area contributed by atoms with E-state index in [1.807, 2.05) is 41.8 Å². The molecule has 1 aliphatic heterocycles. The largest absolute Gasteiger partial charge is 0.493 e. The van der Waals surface area contributed by atoms with Gasteiger partial charge in [-0.05, 0) is 17.5 Å². The van der Waals surface area contributed by atoms with Crippen LogP contribution in [0.4, 0.5) is 0 Å². The summed E-state index contributed by atoms with van der Waals surface area (Å²) in [6.07, 6.45) is 0.735. The number of para-hydroxylation sites is 1. The van der Waals surface area contributed by atoms with Gasteiger partial charge in [0.1, 0.15) is 5.75 Å². The molecule has 0 saturated heterocycles. The van der Waals surface area contributed by atoms with Gasteiger partial charge in [-0.25, -0.2) is 0 Å². The SMILES string of the molecule is O=C(NC1CCOc2ccccc21)c1cc(-c2cccs2)on1. The molecule has 0 saturated carbocycles. The molecule has 116 valence electrons. The number of hydrogen-bond acceptors (Lipinski definition) is 5. The van der Waals surface area contributed by atoms with Crippen LogP contribution in [0.15, 0.2) is 52.4 Å². The highest BCUT2D eigenvalue weighted by Gasteiger charge is 2.24. The van der Waals surface area contributed by atoms with Crippen LogP contribution in [0.2, 0.25) is 0 Å². The van der Waals surface area contributed by atoms with E-state index in [1.165, 1.54) is 0 Å². The van der Waals surface area contributed by atoms with Crippen LogP contribution in [0.3, 0.4) is 0 Å². The molecule has 0 aliphatic carbocycles. The van der Waals surface area contributed by atoms with Crippen molar-refractivity contribution in [2.24, 2.45) is 0 Å². The second-order valence-corrected chi connectivity index (χ2v) is 6.20. The van der Waals surface area contributed by atoms with Crippen molar-refractivity contribution < 1.29 is 14.1 Å². The van der Waals surface area contributed by atoms with Crippen LogP contribution < -0.4 is 10.1 Å². The number of carbonyl (C=O) groups excluding carboxylic acids is 1. The molecule has 3 heterocycles. The van der Waals surface area contributed by atoms with E-state index in [9.17, 15) is 4.79 Å². The molecule has 1 N–H and O–H groups in total. The third-order valence-corrected chi connectivity index (χ3v) is 4.66. The van der Waals surface area contributed by atoms with E-state index in [2.05, 4.69) is 10.5 Å².